The third kappa shape index (κ3) is 3.11. The third-order valence-electron chi connectivity index (χ3n) is 2.63. The van der Waals surface area contributed by atoms with Crippen molar-refractivity contribution in [1.29, 1.82) is 0 Å². The number of nitrogens with zero attached hydrogens (tertiary/aromatic N) is 2. The van der Waals surface area contributed by atoms with Crippen molar-refractivity contribution in [3.63, 3.8) is 0 Å². The lowest BCUT2D eigenvalue weighted by molar-refractivity contribution is 0.462. The van der Waals surface area contributed by atoms with Crippen molar-refractivity contribution in [3.8, 4) is 11.6 Å². The van der Waals surface area contributed by atoms with Gasteiger partial charge in [-0.3, -0.25) is 0 Å². The van der Waals surface area contributed by atoms with Crippen molar-refractivity contribution in [2.75, 3.05) is 5.32 Å². The number of aromatic nitrogens is 2. The molecule has 0 unspecified atom stereocenters. The predicted octanol–water partition coefficient (Wildman–Crippen LogP) is 4.01. The van der Waals surface area contributed by atoms with E-state index in [0.717, 1.165) is 11.4 Å². The van der Waals surface area contributed by atoms with Gasteiger partial charge in [-0.2, -0.15) is 4.98 Å². The molecule has 0 atom stereocenters. The molecule has 3 aromatic rings. The second-order valence-corrected chi connectivity index (χ2v) is 4.12. The van der Waals surface area contributed by atoms with E-state index in [1.807, 2.05) is 60.7 Å². The van der Waals surface area contributed by atoms with Gasteiger partial charge in [-0.05, 0) is 24.3 Å². The molecular formula is C16H13N3O. The molecule has 4 nitrogen and oxygen atoms in total. The van der Waals surface area contributed by atoms with Crippen LogP contribution in [0.1, 0.15) is 0 Å². The highest BCUT2D eigenvalue weighted by Gasteiger charge is 2.01. The third-order valence-corrected chi connectivity index (χ3v) is 2.63. The summed E-state index contributed by atoms with van der Waals surface area (Å²) in [5, 5.41) is 3.13. The van der Waals surface area contributed by atoms with Crippen LogP contribution in [0.3, 0.4) is 0 Å². The minimum Gasteiger partial charge on any atom is -0.439 e. The summed E-state index contributed by atoms with van der Waals surface area (Å²) in [6.45, 7) is 0. The Morgan fingerprint density at radius 3 is 2.25 bits per heavy atom. The van der Waals surface area contributed by atoms with Crippen molar-refractivity contribution in [2.45, 2.75) is 0 Å². The Morgan fingerprint density at radius 2 is 1.50 bits per heavy atom. The normalized spacial score (nSPS) is 10.0. The van der Waals surface area contributed by atoms with Crippen LogP contribution in [0.5, 0.6) is 11.6 Å². The van der Waals surface area contributed by atoms with Crippen LogP contribution in [0.15, 0.2) is 72.9 Å². The van der Waals surface area contributed by atoms with E-state index in [-0.39, 0.29) is 0 Å². The Morgan fingerprint density at radius 1 is 0.800 bits per heavy atom. The minimum atomic E-state index is 0.504. The topological polar surface area (TPSA) is 47.0 Å². The standard InChI is InChI=1S/C16H13N3O/c1-3-7-13(8-4-1)18-16-17-12-11-15(19-16)20-14-9-5-2-6-10-14/h1-12H,(H,17,18,19). The lowest BCUT2D eigenvalue weighted by atomic mass is 10.3. The summed E-state index contributed by atoms with van der Waals surface area (Å²) >= 11 is 0. The molecule has 0 fully saturated rings. The van der Waals surface area contributed by atoms with Crippen molar-refractivity contribution in [2.24, 2.45) is 0 Å². The van der Waals surface area contributed by atoms with Crippen LogP contribution in [0.25, 0.3) is 0 Å². The summed E-state index contributed by atoms with van der Waals surface area (Å²) < 4.78 is 5.67. The van der Waals surface area contributed by atoms with Gasteiger partial charge in [-0.1, -0.05) is 36.4 Å². The molecule has 3 rings (SSSR count). The first-order valence-electron chi connectivity index (χ1n) is 6.28. The average molecular weight is 263 g/mol. The fraction of sp³-hybridized carbons (Fsp3) is 0. The second kappa shape index (κ2) is 5.84. The SMILES string of the molecule is c1ccc(Nc2nccc(Oc3ccccc3)n2)cc1. The summed E-state index contributed by atoms with van der Waals surface area (Å²) in [6, 6.07) is 21.0. The number of anilines is 2. The Balaban J connectivity index is 1.76. The van der Waals surface area contributed by atoms with Gasteiger partial charge in [0.1, 0.15) is 5.75 Å². The van der Waals surface area contributed by atoms with Crippen LogP contribution < -0.4 is 10.1 Å². The number of hydrogen-bond donors (Lipinski definition) is 1. The molecule has 0 spiro atoms. The molecule has 0 radical (unpaired) electrons. The van der Waals surface area contributed by atoms with E-state index in [0.29, 0.717) is 11.8 Å². The number of hydrogen-bond acceptors (Lipinski definition) is 4. The van der Waals surface area contributed by atoms with Gasteiger partial charge in [0.25, 0.3) is 0 Å². The summed E-state index contributed by atoms with van der Waals surface area (Å²) in [5.41, 5.74) is 0.935. The summed E-state index contributed by atoms with van der Waals surface area (Å²) in [7, 11) is 0. The zero-order valence-electron chi connectivity index (χ0n) is 10.7. The van der Waals surface area contributed by atoms with Crippen molar-refractivity contribution < 1.29 is 4.74 Å². The first-order chi connectivity index (χ1) is 9.90. The van der Waals surface area contributed by atoms with Crippen LogP contribution >= 0.6 is 0 Å². The molecule has 2 aromatic carbocycles. The Bertz CT molecular complexity index is 615. The average Bonchev–Trinajstić information content (AvgIpc) is 2.50. The van der Waals surface area contributed by atoms with Gasteiger partial charge in [0.15, 0.2) is 0 Å². The largest absolute Gasteiger partial charge is 0.439 e. The molecule has 1 N–H and O–H groups in total. The highest BCUT2D eigenvalue weighted by atomic mass is 16.5. The molecule has 4 heteroatoms. The molecule has 0 aliphatic carbocycles. The van der Waals surface area contributed by atoms with E-state index in [1.165, 1.54) is 0 Å². The maximum Gasteiger partial charge on any atom is 0.230 e. The van der Waals surface area contributed by atoms with Gasteiger partial charge in [-0.25, -0.2) is 4.98 Å². The minimum absolute atomic E-state index is 0.504. The molecule has 0 saturated carbocycles. The first-order valence-corrected chi connectivity index (χ1v) is 6.28. The molecule has 0 aliphatic heterocycles. The molecular weight excluding hydrogens is 250 g/mol. The summed E-state index contributed by atoms with van der Waals surface area (Å²) in [6.07, 6.45) is 1.66. The van der Waals surface area contributed by atoms with E-state index in [4.69, 9.17) is 4.74 Å². The zero-order valence-corrected chi connectivity index (χ0v) is 10.7. The van der Waals surface area contributed by atoms with E-state index in [2.05, 4.69) is 15.3 Å². The lowest BCUT2D eigenvalue weighted by Gasteiger charge is -2.07. The summed E-state index contributed by atoms with van der Waals surface area (Å²) in [5.74, 6) is 1.76. The molecule has 98 valence electrons. The van der Waals surface area contributed by atoms with Gasteiger partial charge in [0.05, 0.1) is 0 Å². The summed E-state index contributed by atoms with van der Waals surface area (Å²) in [4.78, 5) is 8.49. The van der Waals surface area contributed by atoms with Crippen LogP contribution in [-0.4, -0.2) is 9.97 Å². The number of nitrogens with one attached hydrogen (secondary N) is 1. The predicted molar refractivity (Wildman–Crippen MR) is 78.3 cm³/mol. The van der Waals surface area contributed by atoms with Crippen LogP contribution in [0.4, 0.5) is 11.6 Å². The quantitative estimate of drug-likeness (QED) is 0.772. The van der Waals surface area contributed by atoms with Gasteiger partial charge < -0.3 is 10.1 Å². The lowest BCUT2D eigenvalue weighted by Crippen LogP contribution is -1.97. The maximum absolute atomic E-state index is 5.67. The molecule has 1 heterocycles. The van der Waals surface area contributed by atoms with Crippen molar-refractivity contribution >= 4 is 11.6 Å². The van der Waals surface area contributed by atoms with E-state index in [1.54, 1.807) is 12.3 Å². The number of benzene rings is 2. The molecule has 20 heavy (non-hydrogen) atoms. The van der Waals surface area contributed by atoms with Gasteiger partial charge in [0, 0.05) is 18.0 Å². The number of ether oxygens (including phenoxy) is 1. The first kappa shape index (κ1) is 12.2. The monoisotopic (exact) mass is 263 g/mol. The van der Waals surface area contributed by atoms with Crippen molar-refractivity contribution in [1.82, 2.24) is 9.97 Å². The van der Waals surface area contributed by atoms with Crippen LogP contribution in [0.2, 0.25) is 0 Å². The Kier molecular flexibility index (Phi) is 3.55. The van der Waals surface area contributed by atoms with E-state index in [9.17, 15) is 0 Å². The Hall–Kier alpha value is -2.88. The van der Waals surface area contributed by atoms with Gasteiger partial charge in [-0.15, -0.1) is 0 Å². The molecule has 0 saturated heterocycles. The highest BCUT2D eigenvalue weighted by Crippen LogP contribution is 2.20. The molecule has 0 aliphatic rings. The fourth-order valence-corrected chi connectivity index (χ4v) is 1.72. The Labute approximate surface area is 117 Å². The van der Waals surface area contributed by atoms with Gasteiger partial charge >= 0.3 is 0 Å². The van der Waals surface area contributed by atoms with Crippen LogP contribution in [-0.2, 0) is 0 Å². The molecule has 1 aromatic heterocycles. The fourth-order valence-electron chi connectivity index (χ4n) is 1.72. The zero-order chi connectivity index (χ0) is 13.6. The number of rotatable bonds is 4. The maximum atomic E-state index is 5.67. The molecule has 0 amide bonds. The highest BCUT2D eigenvalue weighted by molar-refractivity contribution is 5.52. The second-order valence-electron chi connectivity index (χ2n) is 4.12. The van der Waals surface area contributed by atoms with Gasteiger partial charge in [0.2, 0.25) is 11.8 Å². The number of para-hydroxylation sites is 2. The van der Waals surface area contributed by atoms with Crippen LogP contribution in [0, 0.1) is 0 Å². The van der Waals surface area contributed by atoms with E-state index < -0.39 is 0 Å². The molecule has 0 bridgehead atoms. The van der Waals surface area contributed by atoms with Crippen molar-refractivity contribution in [3.05, 3.63) is 72.9 Å². The smallest absolute Gasteiger partial charge is 0.230 e. The van der Waals surface area contributed by atoms with E-state index >= 15 is 0 Å².